The molecule has 1 aromatic rings. The second-order valence-corrected chi connectivity index (χ2v) is 6.59. The number of unbranched alkanes of at least 4 members (excludes halogenated alkanes) is 1. The van der Waals surface area contributed by atoms with Crippen molar-refractivity contribution in [3.8, 4) is 0 Å². The van der Waals surface area contributed by atoms with Crippen LogP contribution in [0.4, 0.5) is 0 Å². The van der Waals surface area contributed by atoms with Crippen molar-refractivity contribution in [1.82, 2.24) is 0 Å². The summed E-state index contributed by atoms with van der Waals surface area (Å²) in [6.07, 6.45) is 10.3. The van der Waals surface area contributed by atoms with Crippen LogP contribution in [-0.2, 0) is 6.42 Å². The summed E-state index contributed by atoms with van der Waals surface area (Å²) < 4.78 is 0. The van der Waals surface area contributed by atoms with Gasteiger partial charge in [-0.05, 0) is 49.8 Å². The molecule has 0 heteroatoms. The van der Waals surface area contributed by atoms with Gasteiger partial charge in [-0.1, -0.05) is 89.6 Å². The molecule has 0 aromatic heterocycles. The van der Waals surface area contributed by atoms with Gasteiger partial charge >= 0.3 is 0 Å². The standard InChI is InChI=1S/C13H18.C9H20/c1-5-12-7-6-11(4)13(9-12)8-10(2)3;1-4-7-8-9(5-2)6-3/h6-9H,5H2,1-4H3;9H,4-8H2,1-3H3. The Morgan fingerprint density at radius 2 is 1.68 bits per heavy atom. The Kier molecular flexibility index (Phi) is 11.9. The lowest BCUT2D eigenvalue weighted by atomic mass is 9.97. The molecule has 22 heavy (non-hydrogen) atoms. The van der Waals surface area contributed by atoms with Gasteiger partial charge in [0.1, 0.15) is 0 Å². The summed E-state index contributed by atoms with van der Waals surface area (Å²) in [4.78, 5) is 0. The third-order valence-corrected chi connectivity index (χ3v) is 4.32. The van der Waals surface area contributed by atoms with E-state index in [0.29, 0.717) is 0 Å². The summed E-state index contributed by atoms with van der Waals surface area (Å²) in [5.41, 5.74) is 5.49. The van der Waals surface area contributed by atoms with E-state index in [1.165, 1.54) is 54.4 Å². The second-order valence-electron chi connectivity index (χ2n) is 6.59. The molecular formula is C22H38. The van der Waals surface area contributed by atoms with Crippen LogP contribution >= 0.6 is 0 Å². The van der Waals surface area contributed by atoms with E-state index in [1.807, 2.05) is 0 Å². The molecule has 0 aliphatic carbocycles. The number of rotatable bonds is 7. The van der Waals surface area contributed by atoms with Gasteiger partial charge in [0.25, 0.3) is 0 Å². The maximum absolute atomic E-state index is 2.30. The topological polar surface area (TPSA) is 0 Å². The van der Waals surface area contributed by atoms with E-state index < -0.39 is 0 Å². The minimum Gasteiger partial charge on any atom is -0.0758 e. The third-order valence-electron chi connectivity index (χ3n) is 4.32. The van der Waals surface area contributed by atoms with Crippen LogP contribution in [0.15, 0.2) is 23.8 Å². The normalized spacial score (nSPS) is 10.2. The Hall–Kier alpha value is -1.04. The van der Waals surface area contributed by atoms with Crippen LogP contribution in [0, 0.1) is 12.8 Å². The molecule has 1 aromatic carbocycles. The van der Waals surface area contributed by atoms with Crippen molar-refractivity contribution in [1.29, 1.82) is 0 Å². The predicted octanol–water partition coefficient (Wildman–Crippen LogP) is 7.59. The summed E-state index contributed by atoms with van der Waals surface area (Å²) in [6, 6.07) is 6.69. The average Bonchev–Trinajstić information content (AvgIpc) is 2.51. The highest BCUT2D eigenvalue weighted by Crippen LogP contribution is 2.15. The molecule has 0 amide bonds. The zero-order valence-electron chi connectivity index (χ0n) is 16.1. The zero-order valence-corrected chi connectivity index (χ0v) is 16.1. The average molecular weight is 303 g/mol. The summed E-state index contributed by atoms with van der Waals surface area (Å²) in [5.74, 6) is 1.00. The SMILES string of the molecule is CCCCC(CC)CC.CCc1ccc(C)c(C=C(C)C)c1. The van der Waals surface area contributed by atoms with Crippen molar-refractivity contribution >= 4 is 6.08 Å². The Balaban J connectivity index is 0.000000433. The first-order chi connectivity index (χ1) is 10.5. The molecule has 0 nitrogen and oxygen atoms in total. The number of benzene rings is 1. The molecule has 0 N–H and O–H groups in total. The molecule has 0 heterocycles. The molecule has 0 unspecified atom stereocenters. The van der Waals surface area contributed by atoms with Crippen molar-refractivity contribution in [2.45, 2.75) is 87.0 Å². The highest BCUT2D eigenvalue weighted by atomic mass is 14.1. The molecule has 126 valence electrons. The lowest BCUT2D eigenvalue weighted by Crippen LogP contribution is -1.95. The van der Waals surface area contributed by atoms with E-state index >= 15 is 0 Å². The fourth-order valence-electron chi connectivity index (χ4n) is 2.57. The summed E-state index contributed by atoms with van der Waals surface area (Å²) in [6.45, 7) is 15.5. The molecule has 0 radical (unpaired) electrons. The van der Waals surface area contributed by atoms with Gasteiger partial charge in [-0.2, -0.15) is 0 Å². The van der Waals surface area contributed by atoms with E-state index in [-0.39, 0.29) is 0 Å². The minimum atomic E-state index is 1.00. The first kappa shape index (κ1) is 21.0. The molecule has 0 saturated heterocycles. The summed E-state index contributed by atoms with van der Waals surface area (Å²) >= 11 is 0. The molecule has 0 spiro atoms. The van der Waals surface area contributed by atoms with Gasteiger partial charge in [0.2, 0.25) is 0 Å². The zero-order chi connectivity index (χ0) is 17.0. The highest BCUT2D eigenvalue weighted by molar-refractivity contribution is 5.56. The monoisotopic (exact) mass is 302 g/mol. The number of hydrogen-bond donors (Lipinski definition) is 0. The fraction of sp³-hybridized carbons (Fsp3) is 0.636. The van der Waals surface area contributed by atoms with Crippen molar-refractivity contribution < 1.29 is 0 Å². The predicted molar refractivity (Wildman–Crippen MR) is 103 cm³/mol. The van der Waals surface area contributed by atoms with Gasteiger partial charge in [0, 0.05) is 0 Å². The second kappa shape index (κ2) is 12.5. The fourth-order valence-corrected chi connectivity index (χ4v) is 2.57. The molecule has 0 atom stereocenters. The lowest BCUT2D eigenvalue weighted by molar-refractivity contribution is 0.438. The van der Waals surface area contributed by atoms with Gasteiger partial charge in [-0.15, -0.1) is 0 Å². The third kappa shape index (κ3) is 9.07. The van der Waals surface area contributed by atoms with Gasteiger partial charge in [-0.25, -0.2) is 0 Å². The van der Waals surface area contributed by atoms with E-state index in [2.05, 4.69) is 72.7 Å². The van der Waals surface area contributed by atoms with Crippen LogP contribution in [0.1, 0.15) is 90.3 Å². The van der Waals surface area contributed by atoms with Crippen LogP contribution in [0.5, 0.6) is 0 Å². The molecule has 0 aliphatic rings. The summed E-state index contributed by atoms with van der Waals surface area (Å²) in [7, 11) is 0. The van der Waals surface area contributed by atoms with Crippen LogP contribution in [0.25, 0.3) is 6.08 Å². The van der Waals surface area contributed by atoms with E-state index in [0.717, 1.165) is 12.3 Å². The Morgan fingerprint density at radius 1 is 1.05 bits per heavy atom. The van der Waals surface area contributed by atoms with E-state index in [1.54, 1.807) is 0 Å². The maximum atomic E-state index is 2.30. The Bertz CT molecular complexity index is 418. The molecule has 0 bridgehead atoms. The quantitative estimate of drug-likeness (QED) is 0.486. The Labute approximate surface area is 140 Å². The molecule has 0 saturated carbocycles. The lowest BCUT2D eigenvalue weighted by Gasteiger charge is -2.09. The van der Waals surface area contributed by atoms with Crippen molar-refractivity contribution in [2.24, 2.45) is 5.92 Å². The number of allylic oxidation sites excluding steroid dienone is 1. The van der Waals surface area contributed by atoms with Gasteiger partial charge in [0.15, 0.2) is 0 Å². The van der Waals surface area contributed by atoms with Crippen molar-refractivity contribution in [3.63, 3.8) is 0 Å². The van der Waals surface area contributed by atoms with E-state index in [4.69, 9.17) is 0 Å². The summed E-state index contributed by atoms with van der Waals surface area (Å²) in [5, 5.41) is 0. The minimum absolute atomic E-state index is 1.00. The smallest absolute Gasteiger partial charge is 0.0225 e. The first-order valence-electron chi connectivity index (χ1n) is 9.22. The van der Waals surface area contributed by atoms with Crippen LogP contribution in [0.3, 0.4) is 0 Å². The first-order valence-corrected chi connectivity index (χ1v) is 9.22. The van der Waals surface area contributed by atoms with Crippen molar-refractivity contribution in [2.75, 3.05) is 0 Å². The largest absolute Gasteiger partial charge is 0.0758 e. The molecule has 0 fully saturated rings. The van der Waals surface area contributed by atoms with Gasteiger partial charge in [-0.3, -0.25) is 0 Å². The number of hydrogen-bond acceptors (Lipinski definition) is 0. The molecular weight excluding hydrogens is 264 g/mol. The van der Waals surface area contributed by atoms with Gasteiger partial charge < -0.3 is 0 Å². The van der Waals surface area contributed by atoms with Crippen LogP contribution < -0.4 is 0 Å². The number of aryl methyl sites for hydroxylation is 2. The van der Waals surface area contributed by atoms with Gasteiger partial charge in [0.05, 0.1) is 0 Å². The van der Waals surface area contributed by atoms with E-state index in [9.17, 15) is 0 Å². The highest BCUT2D eigenvalue weighted by Gasteiger charge is 2.00. The van der Waals surface area contributed by atoms with Crippen LogP contribution in [0.2, 0.25) is 0 Å². The maximum Gasteiger partial charge on any atom is -0.0225 e. The Morgan fingerprint density at radius 3 is 2.14 bits per heavy atom. The van der Waals surface area contributed by atoms with Crippen LogP contribution in [-0.4, -0.2) is 0 Å². The molecule has 0 aliphatic heterocycles. The van der Waals surface area contributed by atoms with Crippen molar-refractivity contribution in [3.05, 3.63) is 40.5 Å². The molecule has 1 rings (SSSR count).